The van der Waals surface area contributed by atoms with Crippen molar-refractivity contribution in [3.63, 3.8) is 0 Å². The standard InChI is InChI=1S/C14H13F3N2O5/c1-23-11(13(21)22)6-18-12(20)10-4-7-2-3-8(5-9(7)19-10)24-14(15,16)17/h2-5,11,19H,6H2,1H3,(H,18,20)(H,21,22). The van der Waals surface area contributed by atoms with Gasteiger partial charge in [0.15, 0.2) is 6.10 Å². The van der Waals surface area contributed by atoms with Crippen LogP contribution in [0.15, 0.2) is 24.3 Å². The largest absolute Gasteiger partial charge is 0.573 e. The van der Waals surface area contributed by atoms with Gasteiger partial charge in [0, 0.05) is 24.1 Å². The third kappa shape index (κ3) is 4.38. The predicted molar refractivity (Wildman–Crippen MR) is 75.7 cm³/mol. The number of aliphatic carboxylic acids is 1. The number of hydrogen-bond acceptors (Lipinski definition) is 4. The molecule has 0 spiro atoms. The van der Waals surface area contributed by atoms with E-state index in [2.05, 4.69) is 19.8 Å². The van der Waals surface area contributed by atoms with Crippen molar-refractivity contribution in [1.29, 1.82) is 0 Å². The maximum atomic E-state index is 12.2. The zero-order valence-electron chi connectivity index (χ0n) is 12.3. The van der Waals surface area contributed by atoms with Gasteiger partial charge in [-0.25, -0.2) is 4.79 Å². The molecule has 0 aliphatic rings. The lowest BCUT2D eigenvalue weighted by Gasteiger charge is -2.10. The molecule has 24 heavy (non-hydrogen) atoms. The van der Waals surface area contributed by atoms with Crippen LogP contribution in [0.3, 0.4) is 0 Å². The number of fused-ring (bicyclic) bond motifs is 1. The molecule has 0 fully saturated rings. The van der Waals surface area contributed by atoms with Crippen molar-refractivity contribution < 1.29 is 37.3 Å². The summed E-state index contributed by atoms with van der Waals surface area (Å²) in [5, 5.41) is 11.7. The Morgan fingerprint density at radius 2 is 2.04 bits per heavy atom. The first kappa shape index (κ1) is 17.6. The number of carbonyl (C=O) groups excluding carboxylic acids is 1. The highest BCUT2D eigenvalue weighted by molar-refractivity contribution is 5.98. The van der Waals surface area contributed by atoms with E-state index in [-0.39, 0.29) is 17.8 Å². The number of carboxylic acids is 1. The van der Waals surface area contributed by atoms with E-state index >= 15 is 0 Å². The monoisotopic (exact) mass is 346 g/mol. The molecule has 0 aliphatic heterocycles. The van der Waals surface area contributed by atoms with Gasteiger partial charge in [-0.1, -0.05) is 0 Å². The smallest absolute Gasteiger partial charge is 0.479 e. The van der Waals surface area contributed by atoms with E-state index in [1.807, 2.05) is 0 Å². The van der Waals surface area contributed by atoms with Gasteiger partial charge in [-0.05, 0) is 18.2 Å². The van der Waals surface area contributed by atoms with Gasteiger partial charge in [0.1, 0.15) is 11.4 Å². The molecule has 2 aromatic rings. The first-order valence-corrected chi connectivity index (χ1v) is 6.62. The number of ether oxygens (including phenoxy) is 2. The van der Waals surface area contributed by atoms with Gasteiger partial charge in [-0.3, -0.25) is 4.79 Å². The fourth-order valence-corrected chi connectivity index (χ4v) is 1.98. The Bertz CT molecular complexity index is 756. The first-order chi connectivity index (χ1) is 11.2. The van der Waals surface area contributed by atoms with Gasteiger partial charge < -0.3 is 24.9 Å². The Labute approximate surface area is 133 Å². The molecule has 7 nitrogen and oxygen atoms in total. The number of methoxy groups -OCH3 is 1. The summed E-state index contributed by atoms with van der Waals surface area (Å²) >= 11 is 0. The van der Waals surface area contributed by atoms with Crippen molar-refractivity contribution in [3.8, 4) is 5.75 Å². The Hall–Kier alpha value is -2.75. The summed E-state index contributed by atoms with van der Waals surface area (Å²) in [5.41, 5.74) is 0.331. The number of nitrogens with one attached hydrogen (secondary N) is 2. The molecule has 1 unspecified atom stereocenters. The van der Waals surface area contributed by atoms with Crippen LogP contribution in [0.2, 0.25) is 0 Å². The van der Waals surface area contributed by atoms with E-state index in [4.69, 9.17) is 5.11 Å². The Balaban J connectivity index is 2.12. The van der Waals surface area contributed by atoms with Crippen molar-refractivity contribution in [2.24, 2.45) is 0 Å². The van der Waals surface area contributed by atoms with Crippen LogP contribution < -0.4 is 10.1 Å². The number of H-pyrrole nitrogens is 1. The van der Waals surface area contributed by atoms with Crippen molar-refractivity contribution >= 4 is 22.8 Å². The van der Waals surface area contributed by atoms with Crippen LogP contribution in [0, 0.1) is 0 Å². The molecule has 1 atom stereocenters. The van der Waals surface area contributed by atoms with Crippen molar-refractivity contribution in [2.45, 2.75) is 12.5 Å². The highest BCUT2D eigenvalue weighted by Crippen LogP contribution is 2.26. The molecule has 10 heteroatoms. The highest BCUT2D eigenvalue weighted by atomic mass is 19.4. The zero-order valence-corrected chi connectivity index (χ0v) is 12.3. The van der Waals surface area contributed by atoms with Crippen LogP contribution in [0.5, 0.6) is 5.75 Å². The van der Waals surface area contributed by atoms with Gasteiger partial charge in [-0.2, -0.15) is 0 Å². The third-order valence-electron chi connectivity index (χ3n) is 3.08. The lowest BCUT2D eigenvalue weighted by molar-refractivity contribution is -0.274. The lowest BCUT2D eigenvalue weighted by Crippen LogP contribution is -2.37. The van der Waals surface area contributed by atoms with Crippen LogP contribution in [0.25, 0.3) is 10.9 Å². The maximum Gasteiger partial charge on any atom is 0.573 e. The minimum Gasteiger partial charge on any atom is -0.479 e. The zero-order chi connectivity index (χ0) is 17.9. The number of halogens is 3. The number of carboxylic acid groups (broad SMARTS) is 1. The van der Waals surface area contributed by atoms with Gasteiger partial charge in [0.05, 0.1) is 6.54 Å². The number of aromatic amines is 1. The molecular formula is C14H13F3N2O5. The Morgan fingerprint density at radius 1 is 1.33 bits per heavy atom. The van der Waals surface area contributed by atoms with Gasteiger partial charge in [-0.15, -0.1) is 13.2 Å². The second-order valence-corrected chi connectivity index (χ2v) is 4.75. The van der Waals surface area contributed by atoms with E-state index in [1.165, 1.54) is 19.2 Å². The van der Waals surface area contributed by atoms with Gasteiger partial charge in [0.25, 0.3) is 5.91 Å². The van der Waals surface area contributed by atoms with Crippen LogP contribution in [-0.2, 0) is 9.53 Å². The number of carbonyl (C=O) groups is 2. The number of rotatable bonds is 6. The number of alkyl halides is 3. The Kier molecular flexibility index (Phi) is 4.98. The average Bonchev–Trinajstić information content (AvgIpc) is 2.88. The van der Waals surface area contributed by atoms with E-state index in [0.29, 0.717) is 5.39 Å². The molecular weight excluding hydrogens is 333 g/mol. The molecule has 130 valence electrons. The molecule has 0 saturated heterocycles. The minimum absolute atomic E-state index is 0.0643. The third-order valence-corrected chi connectivity index (χ3v) is 3.08. The molecule has 0 aliphatic carbocycles. The SMILES string of the molecule is COC(CNC(=O)c1cc2ccc(OC(F)(F)F)cc2[nH]1)C(=O)O. The van der Waals surface area contributed by atoms with Crippen molar-refractivity contribution in [1.82, 2.24) is 10.3 Å². The fourth-order valence-electron chi connectivity index (χ4n) is 1.98. The average molecular weight is 346 g/mol. The van der Waals surface area contributed by atoms with Gasteiger partial charge >= 0.3 is 12.3 Å². The van der Waals surface area contributed by atoms with E-state index in [0.717, 1.165) is 12.1 Å². The van der Waals surface area contributed by atoms with Gasteiger partial charge in [0.2, 0.25) is 0 Å². The fraction of sp³-hybridized carbons (Fsp3) is 0.286. The number of amides is 1. The normalized spacial score (nSPS) is 12.8. The number of hydrogen-bond donors (Lipinski definition) is 3. The quantitative estimate of drug-likeness (QED) is 0.742. The molecule has 1 aromatic heterocycles. The summed E-state index contributed by atoms with van der Waals surface area (Å²) in [7, 11) is 1.19. The van der Waals surface area contributed by atoms with E-state index in [1.54, 1.807) is 0 Å². The summed E-state index contributed by atoms with van der Waals surface area (Å²) < 4.78 is 45.0. The molecule has 3 N–H and O–H groups in total. The molecule has 1 heterocycles. The van der Waals surface area contributed by atoms with Crippen molar-refractivity contribution in [3.05, 3.63) is 30.0 Å². The second kappa shape index (κ2) is 6.79. The molecule has 2 rings (SSSR count). The van der Waals surface area contributed by atoms with E-state index < -0.39 is 30.1 Å². The summed E-state index contributed by atoms with van der Waals surface area (Å²) in [5.74, 6) is -2.27. The summed E-state index contributed by atoms with van der Waals surface area (Å²) in [4.78, 5) is 25.4. The molecule has 1 amide bonds. The van der Waals surface area contributed by atoms with Crippen LogP contribution in [0.4, 0.5) is 13.2 Å². The number of aromatic nitrogens is 1. The van der Waals surface area contributed by atoms with E-state index in [9.17, 15) is 22.8 Å². The topological polar surface area (TPSA) is 101 Å². The highest BCUT2D eigenvalue weighted by Gasteiger charge is 2.31. The molecule has 0 radical (unpaired) electrons. The van der Waals surface area contributed by atoms with Crippen LogP contribution >= 0.6 is 0 Å². The molecule has 0 saturated carbocycles. The number of benzene rings is 1. The second-order valence-electron chi connectivity index (χ2n) is 4.75. The maximum absolute atomic E-state index is 12.2. The first-order valence-electron chi connectivity index (χ1n) is 6.62. The Morgan fingerprint density at radius 3 is 2.62 bits per heavy atom. The summed E-state index contributed by atoms with van der Waals surface area (Å²) in [6, 6.07) is 5.01. The summed E-state index contributed by atoms with van der Waals surface area (Å²) in [6.45, 7) is -0.261. The van der Waals surface area contributed by atoms with Crippen LogP contribution in [-0.4, -0.2) is 48.1 Å². The lowest BCUT2D eigenvalue weighted by atomic mass is 10.2. The molecule has 1 aromatic carbocycles. The summed E-state index contributed by atoms with van der Waals surface area (Å²) in [6.07, 6.45) is -6.02. The predicted octanol–water partition coefficient (Wildman–Crippen LogP) is 1.90. The minimum atomic E-state index is -4.81. The van der Waals surface area contributed by atoms with Crippen molar-refractivity contribution in [2.75, 3.05) is 13.7 Å². The molecule has 0 bridgehead atoms. The van der Waals surface area contributed by atoms with Crippen LogP contribution in [0.1, 0.15) is 10.5 Å².